The summed E-state index contributed by atoms with van der Waals surface area (Å²) >= 11 is 0. The predicted octanol–water partition coefficient (Wildman–Crippen LogP) is -11.7. The van der Waals surface area contributed by atoms with E-state index in [1.165, 1.54) is 0 Å². The molecule has 1 rings (SSSR count). The zero-order chi connectivity index (χ0) is 35.1. The summed E-state index contributed by atoms with van der Waals surface area (Å²) in [4.78, 5) is 157. The molecule has 0 aliphatic heterocycles. The van der Waals surface area contributed by atoms with Gasteiger partial charge >= 0.3 is 0 Å². The van der Waals surface area contributed by atoms with Crippen molar-refractivity contribution in [1.29, 1.82) is 0 Å². The van der Waals surface area contributed by atoms with Crippen LogP contribution in [0.25, 0.3) is 0 Å². The molecule has 0 bridgehead atoms. The van der Waals surface area contributed by atoms with E-state index in [-0.39, 0.29) is 0 Å². The Labute approximate surface area is 240 Å². The van der Waals surface area contributed by atoms with Gasteiger partial charge in [-0.05, 0) is 0 Å². The monoisotopic (exact) mass is 806 g/mol. The first-order valence-corrected chi connectivity index (χ1v) is 20.9. The zero-order valence-electron chi connectivity index (χ0n) is 19.3. The van der Waals surface area contributed by atoms with Gasteiger partial charge in [-0.2, -0.15) is 0 Å². The van der Waals surface area contributed by atoms with Gasteiger partial charge in [0.1, 0.15) is 36.6 Å². The molecular formula is C6H6O30P8-14. The van der Waals surface area contributed by atoms with Gasteiger partial charge in [0.25, 0.3) is 15.6 Å². The molecule has 30 nitrogen and oxygen atoms in total. The Hall–Kier alpha value is 0.960. The summed E-state index contributed by atoms with van der Waals surface area (Å²) in [5.41, 5.74) is 0. The third-order valence-electron chi connectivity index (χ3n) is 3.85. The molecular weight excluding hydrogens is 800 g/mol. The van der Waals surface area contributed by atoms with E-state index in [1.807, 2.05) is 0 Å². The van der Waals surface area contributed by atoms with Crippen LogP contribution in [-0.2, 0) is 72.3 Å². The van der Waals surface area contributed by atoms with Gasteiger partial charge in [0.05, 0.1) is 46.9 Å². The van der Waals surface area contributed by atoms with Gasteiger partial charge in [-0.25, -0.2) is 0 Å². The van der Waals surface area contributed by atoms with Crippen molar-refractivity contribution in [1.82, 2.24) is 0 Å². The van der Waals surface area contributed by atoms with Crippen molar-refractivity contribution >= 4 is 62.6 Å². The molecule has 4 unspecified atom stereocenters. The molecule has 1 fully saturated rings. The standard InChI is InChI=1S/C6H20O30P8/c7-37(8,9)29-1-2(30-38(10,11)12)5(33-43(25,26)35-41(19,20)21)4(32-40(16,17)18)6(3(1)31-39(13,14)15)34-44(27,28)36-42(22,23)24/h1-6H,(H,25,26)(H,27,28)(H2,7,8,9)(H2,10,11,12)(H2,13,14,15)(H2,16,17,18)(H2,19,20,21)(H2,22,23,24)/p-14/t1?,2-,3+,4?,5-,6+. The molecule has 0 saturated heterocycles. The highest BCUT2D eigenvalue weighted by atomic mass is 31.3. The minimum absolute atomic E-state index is 2.89. The maximum Gasteiger partial charge on any atom is 0.272 e. The average Bonchev–Trinajstić information content (AvgIpc) is 2.62. The van der Waals surface area contributed by atoms with E-state index in [9.17, 15) is 105 Å². The lowest BCUT2D eigenvalue weighted by atomic mass is 9.85. The molecule has 0 N–H and O–H groups in total. The van der Waals surface area contributed by atoms with E-state index in [2.05, 4.69) is 35.8 Å². The summed E-state index contributed by atoms with van der Waals surface area (Å²) in [7, 11) is -55.7. The largest absolute Gasteiger partial charge is 0.790 e. The van der Waals surface area contributed by atoms with Gasteiger partial charge < -0.3 is 123 Å². The summed E-state index contributed by atoms with van der Waals surface area (Å²) in [6.07, 6.45) is -23.6. The molecule has 38 heteroatoms. The van der Waals surface area contributed by atoms with Gasteiger partial charge in [-0.15, -0.1) is 0 Å². The first-order valence-electron chi connectivity index (χ1n) is 9.26. The lowest BCUT2D eigenvalue weighted by molar-refractivity contribution is -0.380. The third-order valence-corrected chi connectivity index (χ3v) is 10.1. The molecule has 1 aliphatic rings. The number of hydrogen-bond acceptors (Lipinski definition) is 30. The minimum Gasteiger partial charge on any atom is -0.790 e. The second-order valence-electron chi connectivity index (χ2n) is 7.16. The molecule has 0 spiro atoms. The maximum atomic E-state index is 12.0. The highest BCUT2D eigenvalue weighted by molar-refractivity contribution is 7.59. The molecule has 0 aromatic heterocycles. The smallest absolute Gasteiger partial charge is 0.272 e. The third kappa shape index (κ3) is 16.9. The van der Waals surface area contributed by atoms with Crippen LogP contribution < -0.4 is 68.5 Å². The molecule has 0 aromatic carbocycles. The number of phosphoric acid groups is 8. The fourth-order valence-corrected chi connectivity index (χ4v) is 8.52. The van der Waals surface area contributed by atoms with Gasteiger partial charge in [-0.3, -0.25) is 17.8 Å². The molecule has 0 heterocycles. The Morgan fingerprint density at radius 1 is 0.273 bits per heavy atom. The van der Waals surface area contributed by atoms with Crippen LogP contribution in [-0.4, -0.2) is 36.6 Å². The normalized spacial score (nSPS) is 29.1. The minimum atomic E-state index is -7.10. The second kappa shape index (κ2) is 14.4. The van der Waals surface area contributed by atoms with Crippen LogP contribution in [0.4, 0.5) is 0 Å². The molecule has 264 valence electrons. The van der Waals surface area contributed by atoms with E-state index < -0.39 is 99.2 Å². The van der Waals surface area contributed by atoms with E-state index in [1.54, 1.807) is 0 Å². The van der Waals surface area contributed by atoms with Crippen LogP contribution in [0, 0.1) is 0 Å². The Morgan fingerprint density at radius 2 is 0.432 bits per heavy atom. The summed E-state index contributed by atoms with van der Waals surface area (Å²) in [6, 6.07) is 0. The Kier molecular flexibility index (Phi) is 14.1. The Morgan fingerprint density at radius 3 is 0.568 bits per heavy atom. The molecule has 0 radical (unpaired) electrons. The topological polar surface area (TPSA) is 533 Å². The summed E-state index contributed by atoms with van der Waals surface area (Å²) < 4.78 is 118. The lowest BCUT2D eigenvalue weighted by Gasteiger charge is -2.56. The lowest BCUT2D eigenvalue weighted by Crippen LogP contribution is -2.67. The van der Waals surface area contributed by atoms with Crippen molar-refractivity contribution in [2.24, 2.45) is 0 Å². The van der Waals surface area contributed by atoms with Crippen LogP contribution >= 0.6 is 62.6 Å². The predicted molar refractivity (Wildman–Crippen MR) is 92.3 cm³/mol. The zero-order valence-corrected chi connectivity index (χ0v) is 26.4. The quantitative estimate of drug-likeness (QED) is 0.131. The van der Waals surface area contributed by atoms with Crippen LogP contribution in [0.15, 0.2) is 0 Å². The maximum absolute atomic E-state index is 12.0. The molecule has 44 heavy (non-hydrogen) atoms. The van der Waals surface area contributed by atoms with Crippen molar-refractivity contribution in [3.05, 3.63) is 0 Å². The first-order chi connectivity index (χ1) is 19.0. The molecule has 0 amide bonds. The summed E-state index contributed by atoms with van der Waals surface area (Å²) in [5.74, 6) is 0. The molecule has 1 aliphatic carbocycles. The molecule has 1 saturated carbocycles. The average molecular weight is 806 g/mol. The van der Waals surface area contributed by atoms with Gasteiger partial charge in [0.2, 0.25) is 0 Å². The van der Waals surface area contributed by atoms with Crippen molar-refractivity contribution in [2.75, 3.05) is 0 Å². The molecule has 8 atom stereocenters. The fourth-order valence-electron chi connectivity index (χ4n) is 3.02. The molecule has 0 aromatic rings. The summed E-state index contributed by atoms with van der Waals surface area (Å²) in [5, 5.41) is 0. The highest BCUT2D eigenvalue weighted by Crippen LogP contribution is 2.58. The van der Waals surface area contributed by atoms with Crippen molar-refractivity contribution in [2.45, 2.75) is 36.6 Å². The second-order valence-corrected chi connectivity index (χ2v) is 16.9. The van der Waals surface area contributed by atoms with Gasteiger partial charge in [0, 0.05) is 0 Å². The van der Waals surface area contributed by atoms with E-state index >= 15 is 0 Å². The van der Waals surface area contributed by atoms with Gasteiger partial charge in [-0.1, -0.05) is 0 Å². The van der Waals surface area contributed by atoms with Gasteiger partial charge in [0.15, 0.2) is 0 Å². The number of phosphoric ester groups is 6. The van der Waals surface area contributed by atoms with Crippen molar-refractivity contribution < 1.29 is 141 Å². The van der Waals surface area contributed by atoms with E-state index in [0.717, 1.165) is 0 Å². The SMILES string of the molecule is O=P([O-])([O-])OC1[C@@H](OP(=O)([O-])[O-])[C@@H](OP(=O)([O-])OP(=O)([O-])[O-])C(OP(=O)([O-])[O-])[C@@H](OP(=O)([O-])OP(=O)([O-])[O-])[C@H]1OP(=O)([O-])[O-]. The fraction of sp³-hybridized carbons (Fsp3) is 1.00. The van der Waals surface area contributed by atoms with Crippen LogP contribution in [0.1, 0.15) is 0 Å². The van der Waals surface area contributed by atoms with Crippen molar-refractivity contribution in [3.8, 4) is 0 Å². The van der Waals surface area contributed by atoms with Crippen molar-refractivity contribution in [3.63, 3.8) is 0 Å². The van der Waals surface area contributed by atoms with Crippen LogP contribution in [0.3, 0.4) is 0 Å². The Bertz CT molecular complexity index is 1310. The number of rotatable bonds is 16. The Balaban J connectivity index is 4.23. The van der Waals surface area contributed by atoms with Crippen LogP contribution in [0.5, 0.6) is 0 Å². The highest BCUT2D eigenvalue weighted by Gasteiger charge is 2.58. The number of hydrogen-bond donors (Lipinski definition) is 0. The first kappa shape index (κ1) is 43.0. The summed E-state index contributed by atoms with van der Waals surface area (Å²) in [6.45, 7) is 0. The van der Waals surface area contributed by atoms with Crippen LogP contribution in [0.2, 0.25) is 0 Å². The van der Waals surface area contributed by atoms with E-state index in [0.29, 0.717) is 0 Å². The van der Waals surface area contributed by atoms with E-state index in [4.69, 9.17) is 0 Å².